The average molecular weight is 560 g/mol. The molecular formula is C33H38FN3O4. The summed E-state index contributed by atoms with van der Waals surface area (Å²) in [7, 11) is 1.48. The molecule has 0 aromatic heterocycles. The monoisotopic (exact) mass is 559 g/mol. The van der Waals surface area contributed by atoms with E-state index in [1.807, 2.05) is 0 Å². The van der Waals surface area contributed by atoms with Gasteiger partial charge in [-0.1, -0.05) is 31.1 Å². The lowest BCUT2D eigenvalue weighted by Crippen LogP contribution is -2.52. The maximum atomic E-state index is 14.8. The summed E-state index contributed by atoms with van der Waals surface area (Å²) in [5, 5.41) is 6.44. The Kier molecular flexibility index (Phi) is 7.12. The quantitative estimate of drug-likeness (QED) is 0.376. The fourth-order valence-corrected chi connectivity index (χ4v) is 7.09. The van der Waals surface area contributed by atoms with E-state index in [1.165, 1.54) is 50.1 Å². The number of nitrogens with two attached hydrogens (primary N) is 1. The number of carbonyl (C=O) groups is 3. The van der Waals surface area contributed by atoms with Gasteiger partial charge in [0.1, 0.15) is 11.6 Å². The SMILES string of the molecule is COc1ccc(-c2cc(C(N)=O)ccc2F)cc1C(=O)N[C@H]1[C@@H](C(=O)NCC2(C)CCC2)[C@@H]2CC(=CC3CC3)[C@H]1C2. The van der Waals surface area contributed by atoms with Crippen molar-refractivity contribution in [2.24, 2.45) is 34.8 Å². The normalized spacial score (nSPS) is 26.9. The lowest BCUT2D eigenvalue weighted by Gasteiger charge is -2.39. The molecule has 0 radical (unpaired) electrons. The van der Waals surface area contributed by atoms with Crippen LogP contribution in [-0.2, 0) is 4.79 Å². The Morgan fingerprint density at radius 1 is 1.15 bits per heavy atom. The minimum absolute atomic E-state index is 0.0208. The van der Waals surface area contributed by atoms with Crippen molar-refractivity contribution in [2.75, 3.05) is 13.7 Å². The van der Waals surface area contributed by atoms with Crippen LogP contribution in [0.3, 0.4) is 0 Å². The van der Waals surface area contributed by atoms with E-state index in [1.54, 1.807) is 18.2 Å². The maximum Gasteiger partial charge on any atom is 0.255 e. The van der Waals surface area contributed by atoms with E-state index in [0.717, 1.165) is 25.7 Å². The lowest BCUT2D eigenvalue weighted by molar-refractivity contribution is -0.127. The standard InChI is InChI=1S/C33H38FN3O4/c1-33(10-3-11-33)17-36-32(40)28-22-13-21(12-18-4-5-18)24(16-22)29(28)37-31(39)25-14-19(7-9-27(25)41-2)23-15-20(30(35)38)6-8-26(23)34/h6-9,12,14-15,18,22,24,28-29H,3-5,10-11,13,16-17H2,1-2H3,(H2,35,38)(H,36,40)(H,37,39)/t22-,24-,28+,29-/m1/s1. The summed E-state index contributed by atoms with van der Waals surface area (Å²) in [6, 6.07) is 8.40. The number of hydrogen-bond acceptors (Lipinski definition) is 4. The first kappa shape index (κ1) is 27.5. The van der Waals surface area contributed by atoms with Gasteiger partial charge in [0, 0.05) is 29.6 Å². The van der Waals surface area contributed by atoms with Gasteiger partial charge in [0.2, 0.25) is 11.8 Å². The van der Waals surface area contributed by atoms with Crippen LogP contribution >= 0.6 is 0 Å². The highest BCUT2D eigenvalue weighted by molar-refractivity contribution is 5.99. The summed E-state index contributed by atoms with van der Waals surface area (Å²) in [5.74, 6) is -0.576. The number of rotatable bonds is 9. The molecule has 4 atom stereocenters. The molecule has 2 aromatic rings. The van der Waals surface area contributed by atoms with Crippen LogP contribution in [-0.4, -0.2) is 37.4 Å². The maximum absolute atomic E-state index is 14.8. The average Bonchev–Trinajstić information content (AvgIpc) is 3.57. The third-order valence-electron chi connectivity index (χ3n) is 9.79. The zero-order chi connectivity index (χ0) is 28.9. The molecule has 6 rings (SSSR count). The van der Waals surface area contributed by atoms with Crippen LogP contribution in [0.15, 0.2) is 48.0 Å². The van der Waals surface area contributed by atoms with Crippen LogP contribution in [0.1, 0.15) is 72.6 Å². The van der Waals surface area contributed by atoms with E-state index in [4.69, 9.17) is 10.5 Å². The summed E-state index contributed by atoms with van der Waals surface area (Å²) in [4.78, 5) is 39.2. The van der Waals surface area contributed by atoms with E-state index in [0.29, 0.717) is 23.8 Å². The first-order valence-electron chi connectivity index (χ1n) is 14.7. The number of nitrogens with one attached hydrogen (secondary N) is 2. The van der Waals surface area contributed by atoms with Gasteiger partial charge in [0.25, 0.3) is 5.91 Å². The van der Waals surface area contributed by atoms with E-state index in [9.17, 15) is 18.8 Å². The van der Waals surface area contributed by atoms with Crippen LogP contribution < -0.4 is 21.1 Å². The summed E-state index contributed by atoms with van der Waals surface area (Å²) < 4.78 is 20.3. The van der Waals surface area contributed by atoms with Gasteiger partial charge in [0.05, 0.1) is 18.6 Å². The highest BCUT2D eigenvalue weighted by Gasteiger charge is 2.54. The molecule has 0 spiro atoms. The number of primary amides is 1. The van der Waals surface area contributed by atoms with Crippen LogP contribution in [0.4, 0.5) is 4.39 Å². The van der Waals surface area contributed by atoms with Crippen molar-refractivity contribution in [3.8, 4) is 16.9 Å². The highest BCUT2D eigenvalue weighted by atomic mass is 19.1. The number of carbonyl (C=O) groups excluding carboxylic acids is 3. The molecule has 4 saturated carbocycles. The first-order chi connectivity index (χ1) is 19.7. The number of methoxy groups -OCH3 is 1. The second-order valence-electron chi connectivity index (χ2n) is 12.8. The summed E-state index contributed by atoms with van der Waals surface area (Å²) in [6.07, 6.45) is 10.0. The zero-order valence-electron chi connectivity index (χ0n) is 23.7. The number of ether oxygens (including phenoxy) is 1. The number of hydrogen-bond donors (Lipinski definition) is 3. The largest absolute Gasteiger partial charge is 0.496 e. The summed E-state index contributed by atoms with van der Waals surface area (Å²) in [5.41, 5.74) is 7.93. The molecule has 0 unspecified atom stereocenters. The summed E-state index contributed by atoms with van der Waals surface area (Å²) >= 11 is 0. The molecule has 0 heterocycles. The third kappa shape index (κ3) is 5.36. The molecule has 0 saturated heterocycles. The number of fused-ring (bicyclic) bond motifs is 2. The smallest absolute Gasteiger partial charge is 0.255 e. The van der Waals surface area contributed by atoms with Crippen molar-refractivity contribution in [2.45, 2.75) is 57.9 Å². The van der Waals surface area contributed by atoms with Crippen LogP contribution in [0, 0.1) is 34.9 Å². The summed E-state index contributed by atoms with van der Waals surface area (Å²) in [6.45, 7) is 2.88. The van der Waals surface area contributed by atoms with E-state index < -0.39 is 11.7 Å². The van der Waals surface area contributed by atoms with Crippen molar-refractivity contribution in [1.82, 2.24) is 10.6 Å². The van der Waals surface area contributed by atoms with Crippen molar-refractivity contribution >= 4 is 17.7 Å². The van der Waals surface area contributed by atoms with Crippen molar-refractivity contribution in [3.63, 3.8) is 0 Å². The van der Waals surface area contributed by atoms with E-state index in [-0.39, 0.29) is 57.7 Å². The molecule has 4 aliphatic rings. The molecule has 7 nitrogen and oxygen atoms in total. The van der Waals surface area contributed by atoms with Gasteiger partial charge in [-0.25, -0.2) is 4.39 Å². The van der Waals surface area contributed by atoms with Crippen LogP contribution in [0.5, 0.6) is 5.75 Å². The second kappa shape index (κ2) is 10.6. The van der Waals surface area contributed by atoms with Crippen molar-refractivity contribution in [3.05, 3.63) is 65.0 Å². The van der Waals surface area contributed by atoms with Gasteiger partial charge in [-0.05, 0) is 91.7 Å². The third-order valence-corrected chi connectivity index (χ3v) is 9.79. The molecule has 4 aliphatic carbocycles. The number of allylic oxidation sites excluding steroid dienone is 1. The molecule has 216 valence electrons. The van der Waals surface area contributed by atoms with Gasteiger partial charge in [-0.2, -0.15) is 0 Å². The minimum atomic E-state index is -0.667. The van der Waals surface area contributed by atoms with Crippen molar-refractivity contribution in [1.29, 1.82) is 0 Å². The molecule has 0 aliphatic heterocycles. The number of benzene rings is 2. The Morgan fingerprint density at radius 2 is 1.93 bits per heavy atom. The number of halogens is 1. The fourth-order valence-electron chi connectivity index (χ4n) is 7.09. The molecule has 8 heteroatoms. The highest BCUT2D eigenvalue weighted by Crippen LogP contribution is 2.53. The molecule has 2 bridgehead atoms. The van der Waals surface area contributed by atoms with Gasteiger partial charge in [0.15, 0.2) is 0 Å². The minimum Gasteiger partial charge on any atom is -0.496 e. The molecule has 41 heavy (non-hydrogen) atoms. The van der Waals surface area contributed by atoms with Gasteiger partial charge >= 0.3 is 0 Å². The van der Waals surface area contributed by atoms with Gasteiger partial charge in [-0.15, -0.1) is 0 Å². The van der Waals surface area contributed by atoms with Crippen molar-refractivity contribution < 1.29 is 23.5 Å². The molecule has 4 N–H and O–H groups in total. The Bertz CT molecular complexity index is 1430. The molecule has 4 fully saturated rings. The second-order valence-corrected chi connectivity index (χ2v) is 12.8. The Labute approximate surface area is 240 Å². The zero-order valence-corrected chi connectivity index (χ0v) is 23.7. The Balaban J connectivity index is 1.28. The topological polar surface area (TPSA) is 111 Å². The number of amides is 3. The van der Waals surface area contributed by atoms with Crippen LogP contribution in [0.25, 0.3) is 11.1 Å². The first-order valence-corrected chi connectivity index (χ1v) is 14.7. The predicted octanol–water partition coefficient (Wildman–Crippen LogP) is 5.00. The molecule has 3 amide bonds. The van der Waals surface area contributed by atoms with Crippen LogP contribution in [0.2, 0.25) is 0 Å². The Hall–Kier alpha value is -3.68. The van der Waals surface area contributed by atoms with Gasteiger partial charge < -0.3 is 21.1 Å². The Morgan fingerprint density at radius 3 is 2.59 bits per heavy atom. The lowest BCUT2D eigenvalue weighted by atomic mass is 9.70. The molecular weight excluding hydrogens is 521 g/mol. The fraction of sp³-hybridized carbons (Fsp3) is 0.485. The predicted molar refractivity (Wildman–Crippen MR) is 154 cm³/mol. The molecule has 2 aromatic carbocycles. The van der Waals surface area contributed by atoms with E-state index in [2.05, 4.69) is 23.6 Å². The van der Waals surface area contributed by atoms with E-state index >= 15 is 0 Å². The van der Waals surface area contributed by atoms with Gasteiger partial charge in [-0.3, -0.25) is 14.4 Å².